The molecular weight excluding hydrogens is 337 g/mol. The van der Waals surface area contributed by atoms with E-state index in [0.29, 0.717) is 12.1 Å². The molecule has 1 aliphatic rings. The molecule has 0 saturated heterocycles. The van der Waals surface area contributed by atoms with Crippen molar-refractivity contribution in [2.24, 2.45) is 10.1 Å². The highest BCUT2D eigenvalue weighted by molar-refractivity contribution is 7.89. The van der Waals surface area contributed by atoms with Gasteiger partial charge in [0.2, 0.25) is 10.0 Å². The summed E-state index contributed by atoms with van der Waals surface area (Å²) in [6.07, 6.45) is 5.36. The number of benzene rings is 1. The lowest BCUT2D eigenvalue weighted by atomic mass is 9.76. The zero-order valence-corrected chi connectivity index (χ0v) is 13.9. The number of sulfonamides is 1. The molecule has 0 amide bonds. The van der Waals surface area contributed by atoms with Crippen molar-refractivity contribution in [1.29, 1.82) is 0 Å². The number of dihydropyridines is 1. The summed E-state index contributed by atoms with van der Waals surface area (Å²) in [5.41, 5.74) is 0.633. The molecule has 1 unspecified atom stereocenters. The number of aliphatic imine (C=N–C) groups is 1. The topological polar surface area (TPSA) is 85.4 Å². The van der Waals surface area contributed by atoms with Crippen LogP contribution in [0.4, 0.5) is 4.39 Å². The van der Waals surface area contributed by atoms with Gasteiger partial charge in [-0.05, 0) is 30.7 Å². The van der Waals surface area contributed by atoms with E-state index in [1.165, 1.54) is 23.5 Å². The number of aryl methyl sites for hydroxylation is 1. The van der Waals surface area contributed by atoms with Crippen LogP contribution in [0, 0.1) is 12.7 Å². The SMILES string of the molecule is Cc1nc(C2(c3ccc(S(N)(=O)=O)c(F)c3)C=CC=NC2)cs1. The molecule has 1 aromatic carbocycles. The molecule has 1 aliphatic heterocycles. The van der Waals surface area contributed by atoms with E-state index < -0.39 is 26.2 Å². The van der Waals surface area contributed by atoms with Gasteiger partial charge < -0.3 is 0 Å². The third-order valence-electron chi connectivity index (χ3n) is 3.74. The van der Waals surface area contributed by atoms with Crippen LogP contribution in [0.15, 0.2) is 45.6 Å². The minimum atomic E-state index is -4.10. The second kappa shape index (κ2) is 5.63. The first kappa shape index (κ1) is 16.0. The van der Waals surface area contributed by atoms with E-state index in [-0.39, 0.29) is 0 Å². The molecule has 120 valence electrons. The maximum atomic E-state index is 14.3. The molecule has 2 aromatic rings. The number of rotatable bonds is 3. The minimum Gasteiger partial charge on any atom is -0.292 e. The highest BCUT2D eigenvalue weighted by Crippen LogP contribution is 2.37. The number of hydrogen-bond acceptors (Lipinski definition) is 5. The average Bonchev–Trinajstić information content (AvgIpc) is 2.93. The van der Waals surface area contributed by atoms with Crippen LogP contribution in [-0.4, -0.2) is 26.2 Å². The van der Waals surface area contributed by atoms with Gasteiger partial charge in [-0.1, -0.05) is 12.1 Å². The Hall–Kier alpha value is -1.90. The predicted octanol–water partition coefficient (Wildman–Crippen LogP) is 2.16. The van der Waals surface area contributed by atoms with Crippen molar-refractivity contribution < 1.29 is 12.8 Å². The lowest BCUT2D eigenvalue weighted by Crippen LogP contribution is -2.31. The highest BCUT2D eigenvalue weighted by atomic mass is 32.2. The van der Waals surface area contributed by atoms with Gasteiger partial charge in [-0.2, -0.15) is 0 Å². The quantitative estimate of drug-likeness (QED) is 0.919. The van der Waals surface area contributed by atoms with E-state index in [0.717, 1.165) is 10.7 Å². The van der Waals surface area contributed by atoms with E-state index in [1.54, 1.807) is 18.4 Å². The van der Waals surface area contributed by atoms with Gasteiger partial charge in [0.25, 0.3) is 0 Å². The van der Waals surface area contributed by atoms with Crippen molar-refractivity contribution in [2.75, 3.05) is 6.54 Å². The third kappa shape index (κ3) is 2.85. The standard InChI is InChI=1S/C15H14FN3O2S2/c1-10-19-14(8-22-10)15(5-2-6-18-9-15)11-3-4-13(12(16)7-11)23(17,20)21/h2-8H,9H2,1H3,(H2,17,20,21). The van der Waals surface area contributed by atoms with Crippen LogP contribution < -0.4 is 5.14 Å². The molecule has 0 fully saturated rings. The number of halogens is 1. The van der Waals surface area contributed by atoms with Crippen molar-refractivity contribution in [3.8, 4) is 0 Å². The lowest BCUT2D eigenvalue weighted by Gasteiger charge is -2.30. The van der Waals surface area contributed by atoms with Crippen molar-refractivity contribution in [3.05, 3.63) is 57.8 Å². The average molecular weight is 351 g/mol. The summed E-state index contributed by atoms with van der Waals surface area (Å²) in [6, 6.07) is 3.94. The molecule has 0 radical (unpaired) electrons. The number of nitrogens with two attached hydrogens (primary N) is 1. The summed E-state index contributed by atoms with van der Waals surface area (Å²) in [6.45, 7) is 2.27. The number of primary sulfonamides is 1. The van der Waals surface area contributed by atoms with Crippen molar-refractivity contribution in [1.82, 2.24) is 4.98 Å². The molecular formula is C15H14FN3O2S2. The van der Waals surface area contributed by atoms with Crippen molar-refractivity contribution in [2.45, 2.75) is 17.2 Å². The molecule has 0 aliphatic carbocycles. The Bertz CT molecular complexity index is 919. The Balaban J connectivity index is 2.18. The maximum Gasteiger partial charge on any atom is 0.240 e. The summed E-state index contributed by atoms with van der Waals surface area (Å²) in [4.78, 5) is 8.27. The molecule has 2 heterocycles. The molecule has 5 nitrogen and oxygen atoms in total. The van der Waals surface area contributed by atoms with Gasteiger partial charge in [-0.15, -0.1) is 11.3 Å². The Morgan fingerprint density at radius 1 is 1.39 bits per heavy atom. The fourth-order valence-corrected chi connectivity index (χ4v) is 3.88. The summed E-state index contributed by atoms with van der Waals surface area (Å²) < 4.78 is 37.0. The van der Waals surface area contributed by atoms with Crippen LogP contribution in [0.5, 0.6) is 0 Å². The molecule has 8 heteroatoms. The van der Waals surface area contributed by atoms with E-state index in [1.807, 2.05) is 18.4 Å². The van der Waals surface area contributed by atoms with Crippen molar-refractivity contribution >= 4 is 27.6 Å². The fraction of sp³-hybridized carbons (Fsp3) is 0.200. The predicted molar refractivity (Wildman–Crippen MR) is 87.9 cm³/mol. The Kier molecular flexibility index (Phi) is 3.91. The Morgan fingerprint density at radius 2 is 2.17 bits per heavy atom. The van der Waals surface area contributed by atoms with E-state index >= 15 is 0 Å². The Morgan fingerprint density at radius 3 is 2.70 bits per heavy atom. The molecule has 0 bridgehead atoms. The largest absolute Gasteiger partial charge is 0.292 e. The van der Waals surface area contributed by atoms with Gasteiger partial charge >= 0.3 is 0 Å². The fourth-order valence-electron chi connectivity index (χ4n) is 2.60. The van der Waals surface area contributed by atoms with E-state index in [4.69, 9.17) is 5.14 Å². The number of hydrogen-bond donors (Lipinski definition) is 1. The number of allylic oxidation sites excluding steroid dienone is 1. The zero-order chi connectivity index (χ0) is 16.7. The van der Waals surface area contributed by atoms with Gasteiger partial charge in [0.05, 0.1) is 22.7 Å². The molecule has 1 aromatic heterocycles. The molecule has 1 atom stereocenters. The van der Waals surface area contributed by atoms with Crippen LogP contribution in [-0.2, 0) is 15.4 Å². The summed E-state index contributed by atoms with van der Waals surface area (Å²) in [5, 5.41) is 7.82. The van der Waals surface area contributed by atoms with Crippen LogP contribution in [0.1, 0.15) is 16.3 Å². The van der Waals surface area contributed by atoms with Crippen molar-refractivity contribution in [3.63, 3.8) is 0 Å². The van der Waals surface area contributed by atoms with Crippen LogP contribution >= 0.6 is 11.3 Å². The number of thiazole rings is 1. The highest BCUT2D eigenvalue weighted by Gasteiger charge is 2.35. The van der Waals surface area contributed by atoms with Gasteiger partial charge in [-0.25, -0.2) is 22.9 Å². The van der Waals surface area contributed by atoms with Gasteiger partial charge in [0, 0.05) is 11.6 Å². The van der Waals surface area contributed by atoms with E-state index in [9.17, 15) is 12.8 Å². The first-order chi connectivity index (χ1) is 10.8. The van der Waals surface area contributed by atoms with Crippen LogP contribution in [0.25, 0.3) is 0 Å². The molecule has 3 rings (SSSR count). The van der Waals surface area contributed by atoms with Gasteiger partial charge in [0.15, 0.2) is 0 Å². The zero-order valence-electron chi connectivity index (χ0n) is 12.2. The Labute approximate surface area is 137 Å². The van der Waals surface area contributed by atoms with Crippen LogP contribution in [0.3, 0.4) is 0 Å². The monoisotopic (exact) mass is 351 g/mol. The summed E-state index contributed by atoms with van der Waals surface area (Å²) in [5.74, 6) is -0.876. The third-order valence-corrected chi connectivity index (χ3v) is 5.46. The number of aromatic nitrogens is 1. The second-order valence-corrected chi connectivity index (χ2v) is 7.85. The lowest BCUT2D eigenvalue weighted by molar-refractivity contribution is 0.559. The summed E-state index contributed by atoms with van der Waals surface area (Å²) in [7, 11) is -4.10. The van der Waals surface area contributed by atoms with E-state index in [2.05, 4.69) is 9.98 Å². The molecule has 2 N–H and O–H groups in total. The van der Waals surface area contributed by atoms with Gasteiger partial charge in [-0.3, -0.25) is 4.99 Å². The second-order valence-electron chi connectivity index (χ2n) is 5.26. The first-order valence-electron chi connectivity index (χ1n) is 6.76. The normalized spacial score (nSPS) is 20.8. The smallest absolute Gasteiger partial charge is 0.240 e. The molecule has 0 saturated carbocycles. The first-order valence-corrected chi connectivity index (χ1v) is 9.19. The van der Waals surface area contributed by atoms with Crippen LogP contribution in [0.2, 0.25) is 0 Å². The molecule has 23 heavy (non-hydrogen) atoms. The number of nitrogens with zero attached hydrogens (tertiary/aromatic N) is 2. The molecule has 0 spiro atoms. The maximum absolute atomic E-state index is 14.3. The minimum absolute atomic E-state index is 0.376. The summed E-state index contributed by atoms with van der Waals surface area (Å²) >= 11 is 1.50. The van der Waals surface area contributed by atoms with Gasteiger partial charge in [0.1, 0.15) is 10.7 Å².